The van der Waals surface area contributed by atoms with Crippen LogP contribution in [0.1, 0.15) is 169 Å². The first-order chi connectivity index (χ1) is 20.2. The number of hydrogen-bond donors (Lipinski definition) is 0. The topological polar surface area (TPSA) is 9.23 Å². The van der Waals surface area contributed by atoms with Crippen LogP contribution >= 0.6 is 0 Å². The third kappa shape index (κ3) is 34.5. The molecule has 0 fully saturated rings. The molecule has 1 heteroatoms. The summed E-state index contributed by atoms with van der Waals surface area (Å²) in [6.07, 6.45) is 56.1. The van der Waals surface area contributed by atoms with E-state index in [0.29, 0.717) is 12.2 Å². The molecule has 0 heterocycles. The summed E-state index contributed by atoms with van der Waals surface area (Å²) in [7, 11) is 0. The molecule has 0 aliphatic carbocycles. The van der Waals surface area contributed by atoms with Gasteiger partial charge in [0.05, 0.1) is 12.2 Å². The summed E-state index contributed by atoms with van der Waals surface area (Å²) in [4.78, 5) is 0. The highest BCUT2D eigenvalue weighted by atomic mass is 16.5. The molecule has 0 bridgehead atoms. The van der Waals surface area contributed by atoms with Gasteiger partial charge in [0.2, 0.25) is 0 Å². The lowest BCUT2D eigenvalue weighted by Gasteiger charge is -2.20. The van der Waals surface area contributed by atoms with Gasteiger partial charge in [-0.3, -0.25) is 0 Å². The first kappa shape index (κ1) is 39.4. The lowest BCUT2D eigenvalue weighted by Crippen LogP contribution is -2.18. The maximum Gasteiger partial charge on any atom is 0.0578 e. The molecule has 0 aromatic heterocycles. The molecule has 41 heavy (non-hydrogen) atoms. The van der Waals surface area contributed by atoms with Crippen LogP contribution in [0.15, 0.2) is 72.9 Å². The lowest BCUT2D eigenvalue weighted by molar-refractivity contribution is -0.00398. The van der Waals surface area contributed by atoms with E-state index >= 15 is 0 Å². The first-order valence-electron chi connectivity index (χ1n) is 17.8. The zero-order chi connectivity index (χ0) is 29.9. The van der Waals surface area contributed by atoms with Crippen molar-refractivity contribution in [2.75, 3.05) is 0 Å². The largest absolute Gasteiger partial charge is 0.376 e. The predicted octanol–water partition coefficient (Wildman–Crippen LogP) is 13.7. The number of allylic oxidation sites excluding steroid dienone is 12. The minimum absolute atomic E-state index is 0.350. The number of ether oxygens (including phenoxy) is 1. The Balaban J connectivity index is 3.65. The van der Waals surface area contributed by atoms with Crippen molar-refractivity contribution in [3.8, 4) is 0 Å². The smallest absolute Gasteiger partial charge is 0.0578 e. The highest BCUT2D eigenvalue weighted by Gasteiger charge is 2.10. The van der Waals surface area contributed by atoms with Crippen molar-refractivity contribution in [2.45, 2.75) is 181 Å². The van der Waals surface area contributed by atoms with Gasteiger partial charge >= 0.3 is 0 Å². The van der Waals surface area contributed by atoms with Crippen LogP contribution in [-0.4, -0.2) is 12.2 Å². The fourth-order valence-corrected chi connectivity index (χ4v) is 5.00. The standard InChI is InChI=1S/C40H70O/c1-5-7-9-11-13-15-17-19-21-23-25-27-29-31-33-35-37-40(41-39(3)4)38-36-34-32-30-28-26-24-22-20-18-16-14-12-10-8-6-2/h7-10,13-16,19-22,39-40H,5-6,11-12,17-18,23-38H2,1-4H3/b9-7-,10-8-,15-13-,16-14-,21-19-,22-20-. The Morgan fingerprint density at radius 3 is 1.07 bits per heavy atom. The summed E-state index contributed by atoms with van der Waals surface area (Å²) in [6.45, 7) is 8.75. The van der Waals surface area contributed by atoms with Crippen molar-refractivity contribution in [3.63, 3.8) is 0 Å². The predicted molar refractivity (Wildman–Crippen MR) is 188 cm³/mol. The first-order valence-corrected chi connectivity index (χ1v) is 17.8. The van der Waals surface area contributed by atoms with Crippen LogP contribution in [0.25, 0.3) is 0 Å². The van der Waals surface area contributed by atoms with Gasteiger partial charge in [-0.15, -0.1) is 0 Å². The summed E-state index contributed by atoms with van der Waals surface area (Å²) < 4.78 is 6.27. The summed E-state index contributed by atoms with van der Waals surface area (Å²) in [5, 5.41) is 0. The number of unbranched alkanes of at least 4 members (excludes halogenated alkanes) is 12. The average molecular weight is 567 g/mol. The van der Waals surface area contributed by atoms with E-state index < -0.39 is 0 Å². The SMILES string of the molecule is CC/C=C\C/C=C\C/C=C\CCCCCCCCC(CCCCCCCC/C=C\C/C=C\C/C=C\CC)OC(C)C. The minimum Gasteiger partial charge on any atom is -0.376 e. The van der Waals surface area contributed by atoms with Gasteiger partial charge in [-0.05, 0) is 90.9 Å². The van der Waals surface area contributed by atoms with Crippen LogP contribution in [-0.2, 0) is 4.74 Å². The molecule has 0 aromatic carbocycles. The zero-order valence-electron chi connectivity index (χ0n) is 28.0. The molecular weight excluding hydrogens is 496 g/mol. The second kappa shape index (κ2) is 34.6. The zero-order valence-corrected chi connectivity index (χ0v) is 28.0. The molecule has 0 aliphatic heterocycles. The maximum absolute atomic E-state index is 6.27. The Hall–Kier alpha value is -1.60. The molecule has 0 radical (unpaired) electrons. The van der Waals surface area contributed by atoms with Crippen LogP contribution in [0.3, 0.4) is 0 Å². The molecule has 0 unspecified atom stereocenters. The van der Waals surface area contributed by atoms with Crippen LogP contribution in [0.4, 0.5) is 0 Å². The molecule has 0 amide bonds. The number of hydrogen-bond acceptors (Lipinski definition) is 1. The molecule has 0 atom stereocenters. The van der Waals surface area contributed by atoms with Gasteiger partial charge in [-0.2, -0.15) is 0 Å². The van der Waals surface area contributed by atoms with E-state index in [-0.39, 0.29) is 0 Å². The average Bonchev–Trinajstić information content (AvgIpc) is 2.96. The molecule has 0 saturated heterocycles. The third-order valence-corrected chi connectivity index (χ3v) is 7.32. The van der Waals surface area contributed by atoms with Crippen LogP contribution in [0, 0.1) is 0 Å². The van der Waals surface area contributed by atoms with Crippen molar-refractivity contribution in [3.05, 3.63) is 72.9 Å². The van der Waals surface area contributed by atoms with Crippen molar-refractivity contribution >= 4 is 0 Å². The maximum atomic E-state index is 6.27. The van der Waals surface area contributed by atoms with Crippen LogP contribution in [0.2, 0.25) is 0 Å². The molecule has 1 nitrogen and oxygen atoms in total. The number of rotatable bonds is 30. The Morgan fingerprint density at radius 2 is 0.707 bits per heavy atom. The quantitative estimate of drug-likeness (QED) is 0.0620. The molecular formula is C40H70O. The van der Waals surface area contributed by atoms with E-state index in [1.807, 2.05) is 0 Å². The molecule has 236 valence electrons. The van der Waals surface area contributed by atoms with Gasteiger partial charge in [-0.25, -0.2) is 0 Å². The van der Waals surface area contributed by atoms with Crippen molar-refractivity contribution in [1.29, 1.82) is 0 Å². The van der Waals surface area contributed by atoms with Crippen molar-refractivity contribution < 1.29 is 4.74 Å². The highest BCUT2D eigenvalue weighted by Crippen LogP contribution is 2.18. The van der Waals surface area contributed by atoms with Crippen LogP contribution < -0.4 is 0 Å². The second-order valence-corrected chi connectivity index (χ2v) is 11.8. The van der Waals surface area contributed by atoms with Crippen molar-refractivity contribution in [1.82, 2.24) is 0 Å². The Morgan fingerprint density at radius 1 is 0.390 bits per heavy atom. The van der Waals surface area contributed by atoms with E-state index in [4.69, 9.17) is 4.74 Å². The van der Waals surface area contributed by atoms with Crippen molar-refractivity contribution in [2.24, 2.45) is 0 Å². The normalized spacial score (nSPS) is 13.0. The van der Waals surface area contributed by atoms with E-state index in [0.717, 1.165) is 38.5 Å². The van der Waals surface area contributed by atoms with Gasteiger partial charge in [0.1, 0.15) is 0 Å². The van der Waals surface area contributed by atoms with Gasteiger partial charge in [-0.1, -0.05) is 151 Å². The summed E-state index contributed by atoms with van der Waals surface area (Å²) in [6, 6.07) is 0. The molecule has 0 N–H and O–H groups in total. The minimum atomic E-state index is 0.350. The van der Waals surface area contributed by atoms with Gasteiger partial charge in [0.25, 0.3) is 0 Å². The van der Waals surface area contributed by atoms with E-state index in [2.05, 4.69) is 101 Å². The fourth-order valence-electron chi connectivity index (χ4n) is 5.00. The van der Waals surface area contributed by atoms with Gasteiger partial charge in [0, 0.05) is 0 Å². The Bertz CT molecular complexity index is 621. The Labute approximate surface area is 258 Å². The molecule has 0 spiro atoms. The summed E-state index contributed by atoms with van der Waals surface area (Å²) in [5.41, 5.74) is 0. The second-order valence-electron chi connectivity index (χ2n) is 11.8. The molecule has 0 aliphatic rings. The van der Waals surface area contributed by atoms with Crippen LogP contribution in [0.5, 0.6) is 0 Å². The van der Waals surface area contributed by atoms with Gasteiger partial charge in [0.15, 0.2) is 0 Å². The molecule has 0 aromatic rings. The van der Waals surface area contributed by atoms with Gasteiger partial charge < -0.3 is 4.74 Å². The molecule has 0 rings (SSSR count). The third-order valence-electron chi connectivity index (χ3n) is 7.32. The van der Waals surface area contributed by atoms with E-state index in [9.17, 15) is 0 Å². The molecule has 0 saturated carbocycles. The van der Waals surface area contributed by atoms with E-state index in [1.54, 1.807) is 0 Å². The van der Waals surface area contributed by atoms with E-state index in [1.165, 1.54) is 103 Å². The summed E-state index contributed by atoms with van der Waals surface area (Å²) in [5.74, 6) is 0. The Kier molecular flexibility index (Phi) is 33.3. The fraction of sp³-hybridized carbons (Fsp3) is 0.700. The summed E-state index contributed by atoms with van der Waals surface area (Å²) >= 11 is 0. The highest BCUT2D eigenvalue weighted by molar-refractivity contribution is 4.98. The lowest BCUT2D eigenvalue weighted by atomic mass is 10.0. The monoisotopic (exact) mass is 567 g/mol.